The second kappa shape index (κ2) is 7.38. The van der Waals surface area contributed by atoms with Crippen LogP contribution in [0.15, 0.2) is 6.33 Å². The van der Waals surface area contributed by atoms with Gasteiger partial charge in [-0.25, -0.2) is 9.67 Å². The highest BCUT2D eigenvalue weighted by atomic mass is 32.2. The van der Waals surface area contributed by atoms with E-state index in [0.29, 0.717) is 18.1 Å². The van der Waals surface area contributed by atoms with Gasteiger partial charge < -0.3 is 10.5 Å². The quantitative estimate of drug-likeness (QED) is 0.745. The Hall–Kier alpha value is -1.08. The van der Waals surface area contributed by atoms with E-state index in [4.69, 9.17) is 10.5 Å². The van der Waals surface area contributed by atoms with Gasteiger partial charge in [0.15, 0.2) is 0 Å². The molecule has 0 spiro atoms. The van der Waals surface area contributed by atoms with Crippen LogP contribution in [0.25, 0.3) is 0 Å². The zero-order valence-corrected chi connectivity index (χ0v) is 11.8. The van der Waals surface area contributed by atoms with Gasteiger partial charge in [0.2, 0.25) is 0 Å². The van der Waals surface area contributed by atoms with Crippen molar-refractivity contribution in [3.63, 3.8) is 0 Å². The topological polar surface area (TPSA) is 83.0 Å². The van der Waals surface area contributed by atoms with E-state index in [1.165, 1.54) is 0 Å². The van der Waals surface area contributed by atoms with Crippen molar-refractivity contribution in [2.24, 2.45) is 5.73 Å². The second-order valence-electron chi connectivity index (χ2n) is 4.09. The molecule has 0 bridgehead atoms. The van der Waals surface area contributed by atoms with Gasteiger partial charge in [-0.3, -0.25) is 4.79 Å². The number of thioether (sulfide) groups is 1. The lowest BCUT2D eigenvalue weighted by molar-refractivity contribution is -0.144. The molecule has 1 heterocycles. The molecule has 0 saturated carbocycles. The number of carbonyl (C=O) groups is 1. The number of ether oxygens (including phenoxy) is 1. The average molecular weight is 272 g/mol. The largest absolute Gasteiger partial charge is 0.465 e. The van der Waals surface area contributed by atoms with E-state index in [-0.39, 0.29) is 12.0 Å². The lowest BCUT2D eigenvalue weighted by Crippen LogP contribution is -2.34. The number of esters is 1. The number of hydrogen-bond donors (Lipinski definition) is 1. The molecular formula is C11H20N4O2S. The summed E-state index contributed by atoms with van der Waals surface area (Å²) in [6, 6.07) is -0.299. The molecule has 0 aliphatic carbocycles. The first-order valence-electron chi connectivity index (χ1n) is 5.94. The smallest absolute Gasteiger partial charge is 0.323 e. The summed E-state index contributed by atoms with van der Waals surface area (Å²) in [5.74, 6) is 1.75. The van der Waals surface area contributed by atoms with Gasteiger partial charge in [0.25, 0.3) is 0 Å². The third-order valence-corrected chi connectivity index (χ3v) is 3.31. The van der Waals surface area contributed by atoms with Gasteiger partial charge in [-0.2, -0.15) is 16.9 Å². The van der Waals surface area contributed by atoms with Crippen LogP contribution in [0, 0.1) is 0 Å². The van der Waals surface area contributed by atoms with Crippen LogP contribution in [0.1, 0.15) is 32.6 Å². The lowest BCUT2D eigenvalue weighted by Gasteiger charge is -2.11. The standard InChI is InChI=1S/C11H20N4O2S/c1-4-17-11(16)9(12)5-18-6-10-13-7-14-15(10)8(2)3/h7-9H,4-6,12H2,1-3H3. The van der Waals surface area contributed by atoms with Gasteiger partial charge in [0.1, 0.15) is 18.2 Å². The first-order chi connectivity index (χ1) is 8.56. The van der Waals surface area contributed by atoms with E-state index in [1.54, 1.807) is 25.0 Å². The summed E-state index contributed by atoms with van der Waals surface area (Å²) in [7, 11) is 0. The highest BCUT2D eigenvalue weighted by molar-refractivity contribution is 7.98. The molecule has 102 valence electrons. The van der Waals surface area contributed by atoms with E-state index < -0.39 is 6.04 Å². The molecule has 0 fully saturated rings. The Morgan fingerprint density at radius 3 is 2.94 bits per heavy atom. The van der Waals surface area contributed by atoms with Gasteiger partial charge in [-0.15, -0.1) is 0 Å². The van der Waals surface area contributed by atoms with Crippen molar-refractivity contribution in [3.8, 4) is 0 Å². The summed E-state index contributed by atoms with van der Waals surface area (Å²) >= 11 is 1.56. The number of nitrogens with two attached hydrogens (primary N) is 1. The molecule has 2 N–H and O–H groups in total. The Labute approximate surface area is 111 Å². The molecule has 0 aliphatic heterocycles. The van der Waals surface area contributed by atoms with Crippen LogP contribution in [0.2, 0.25) is 0 Å². The second-order valence-corrected chi connectivity index (χ2v) is 5.12. The number of hydrogen-bond acceptors (Lipinski definition) is 6. The van der Waals surface area contributed by atoms with Crippen molar-refractivity contribution in [2.75, 3.05) is 12.4 Å². The average Bonchev–Trinajstić information content (AvgIpc) is 2.77. The maximum Gasteiger partial charge on any atom is 0.323 e. The summed E-state index contributed by atoms with van der Waals surface area (Å²) in [6.07, 6.45) is 1.54. The van der Waals surface area contributed by atoms with Crippen molar-refractivity contribution in [1.29, 1.82) is 0 Å². The van der Waals surface area contributed by atoms with E-state index in [0.717, 1.165) is 5.82 Å². The minimum Gasteiger partial charge on any atom is -0.465 e. The number of aromatic nitrogens is 3. The van der Waals surface area contributed by atoms with Gasteiger partial charge in [-0.1, -0.05) is 0 Å². The summed E-state index contributed by atoms with van der Waals surface area (Å²) in [6.45, 7) is 6.22. The minimum absolute atomic E-state index is 0.279. The van der Waals surface area contributed by atoms with Crippen LogP contribution < -0.4 is 5.73 Å². The molecule has 0 radical (unpaired) electrons. The third kappa shape index (κ3) is 4.30. The molecule has 6 nitrogen and oxygen atoms in total. The van der Waals surface area contributed by atoms with E-state index in [9.17, 15) is 4.79 Å². The highest BCUT2D eigenvalue weighted by Crippen LogP contribution is 2.14. The van der Waals surface area contributed by atoms with Crippen LogP contribution >= 0.6 is 11.8 Å². The highest BCUT2D eigenvalue weighted by Gasteiger charge is 2.15. The van der Waals surface area contributed by atoms with Crippen LogP contribution in [0.5, 0.6) is 0 Å². The zero-order valence-electron chi connectivity index (χ0n) is 11.0. The van der Waals surface area contributed by atoms with Crippen molar-refractivity contribution < 1.29 is 9.53 Å². The van der Waals surface area contributed by atoms with Crippen molar-refractivity contribution in [2.45, 2.75) is 38.6 Å². The summed E-state index contributed by atoms with van der Waals surface area (Å²) in [4.78, 5) is 15.5. The Kier molecular flexibility index (Phi) is 6.14. The van der Waals surface area contributed by atoms with Gasteiger partial charge in [-0.05, 0) is 20.8 Å². The number of carbonyl (C=O) groups excluding carboxylic acids is 1. The van der Waals surface area contributed by atoms with Gasteiger partial charge >= 0.3 is 5.97 Å². The van der Waals surface area contributed by atoms with Crippen LogP contribution in [-0.4, -0.2) is 39.1 Å². The zero-order chi connectivity index (χ0) is 13.5. The monoisotopic (exact) mass is 272 g/mol. The van der Waals surface area contributed by atoms with E-state index >= 15 is 0 Å². The van der Waals surface area contributed by atoms with E-state index in [1.807, 2.05) is 18.5 Å². The molecule has 1 aromatic heterocycles. The first-order valence-corrected chi connectivity index (χ1v) is 7.10. The molecule has 1 unspecified atom stereocenters. The fraction of sp³-hybridized carbons (Fsp3) is 0.727. The summed E-state index contributed by atoms with van der Waals surface area (Å²) in [5.41, 5.74) is 5.70. The maximum atomic E-state index is 11.3. The van der Waals surface area contributed by atoms with Crippen molar-refractivity contribution in [1.82, 2.24) is 14.8 Å². The van der Waals surface area contributed by atoms with E-state index in [2.05, 4.69) is 10.1 Å². The first kappa shape index (κ1) is 15.0. The molecule has 0 amide bonds. The van der Waals surface area contributed by atoms with Gasteiger partial charge in [0, 0.05) is 11.8 Å². The molecular weight excluding hydrogens is 252 g/mol. The minimum atomic E-state index is -0.578. The Balaban J connectivity index is 2.37. The van der Waals surface area contributed by atoms with Crippen LogP contribution in [0.4, 0.5) is 0 Å². The Morgan fingerprint density at radius 1 is 1.61 bits per heavy atom. The Bertz CT molecular complexity index is 381. The molecule has 18 heavy (non-hydrogen) atoms. The lowest BCUT2D eigenvalue weighted by atomic mass is 10.4. The predicted octanol–water partition coefficient (Wildman–Crippen LogP) is 0.983. The van der Waals surface area contributed by atoms with Gasteiger partial charge in [0.05, 0.1) is 12.4 Å². The molecule has 0 aromatic carbocycles. The fourth-order valence-electron chi connectivity index (χ4n) is 1.40. The molecule has 0 saturated heterocycles. The van der Waals surface area contributed by atoms with Crippen molar-refractivity contribution >= 4 is 17.7 Å². The summed E-state index contributed by atoms with van der Waals surface area (Å²) in [5, 5.41) is 4.15. The molecule has 7 heteroatoms. The molecule has 0 aliphatic rings. The number of rotatable bonds is 7. The van der Waals surface area contributed by atoms with Crippen LogP contribution in [0.3, 0.4) is 0 Å². The Morgan fingerprint density at radius 2 is 2.33 bits per heavy atom. The third-order valence-electron chi connectivity index (χ3n) is 2.25. The maximum absolute atomic E-state index is 11.3. The SMILES string of the molecule is CCOC(=O)C(N)CSCc1ncnn1C(C)C. The molecule has 1 rings (SSSR count). The summed E-state index contributed by atoms with van der Waals surface area (Å²) < 4.78 is 6.71. The number of nitrogens with zero attached hydrogens (tertiary/aromatic N) is 3. The molecule has 1 aromatic rings. The normalized spacial score (nSPS) is 12.7. The predicted molar refractivity (Wildman–Crippen MR) is 71.2 cm³/mol. The van der Waals surface area contributed by atoms with Crippen molar-refractivity contribution in [3.05, 3.63) is 12.2 Å². The van der Waals surface area contributed by atoms with Crippen LogP contribution in [-0.2, 0) is 15.3 Å². The fourth-order valence-corrected chi connectivity index (χ4v) is 2.30. The molecule has 1 atom stereocenters.